The number of para-hydroxylation sites is 2. The summed E-state index contributed by atoms with van der Waals surface area (Å²) in [6.07, 6.45) is 16.4. The molecule has 9 heteroatoms. The van der Waals surface area contributed by atoms with Crippen LogP contribution in [-0.2, 0) is 0 Å². The van der Waals surface area contributed by atoms with Gasteiger partial charge in [0, 0.05) is 24.2 Å². The summed E-state index contributed by atoms with van der Waals surface area (Å²) in [7, 11) is 1.36. The number of aromatic nitrogens is 4. The van der Waals surface area contributed by atoms with Gasteiger partial charge in [-0.15, -0.1) is 0 Å². The lowest BCUT2D eigenvalue weighted by molar-refractivity contribution is -0.0603. The molecule has 4 bridgehead atoms. The molecule has 0 radical (unpaired) electrons. The van der Waals surface area contributed by atoms with E-state index in [0.717, 1.165) is 34.8 Å². The molecule has 0 amide bonds. The average molecular weight is 546 g/mol. The summed E-state index contributed by atoms with van der Waals surface area (Å²) >= 11 is 0. The normalized spacial score (nSPS) is 30.6. The van der Waals surface area contributed by atoms with Crippen molar-refractivity contribution in [3.05, 3.63) is 61.7 Å². The summed E-state index contributed by atoms with van der Waals surface area (Å²) in [6.45, 7) is 0. The maximum absolute atomic E-state index is 14.2. The molecular weight excluding hydrogens is 506 g/mol. The molecule has 0 spiro atoms. The van der Waals surface area contributed by atoms with Gasteiger partial charge in [-0.1, -0.05) is 44.2 Å². The van der Waals surface area contributed by atoms with E-state index in [-0.39, 0.29) is 23.2 Å². The first kappa shape index (κ1) is 25.7. The molecule has 2 aromatic heterocycles. The Kier molecular flexibility index (Phi) is 6.65. The number of hydrogen-bond acceptors (Lipinski definition) is 6. The predicted octanol–water partition coefficient (Wildman–Crippen LogP) is 4.16. The van der Waals surface area contributed by atoms with Gasteiger partial charge in [-0.05, 0) is 68.9 Å². The molecule has 3 aromatic rings. The van der Waals surface area contributed by atoms with Crippen molar-refractivity contribution >= 4 is 11.0 Å². The lowest BCUT2D eigenvalue weighted by Gasteiger charge is -2.56. The Morgan fingerprint density at radius 3 is 2.45 bits per heavy atom. The van der Waals surface area contributed by atoms with Crippen LogP contribution in [0.3, 0.4) is 0 Å². The van der Waals surface area contributed by atoms with E-state index in [1.54, 1.807) is 0 Å². The summed E-state index contributed by atoms with van der Waals surface area (Å²) in [4.78, 5) is 49.0. The summed E-state index contributed by atoms with van der Waals surface area (Å²) < 4.78 is 8.16. The van der Waals surface area contributed by atoms with Crippen molar-refractivity contribution in [1.29, 1.82) is 0 Å². The number of methoxy groups -OCH3 is 1. The minimum Gasteiger partial charge on any atom is -0.490 e. The zero-order chi connectivity index (χ0) is 27.4. The minimum atomic E-state index is -0.705. The van der Waals surface area contributed by atoms with Crippen LogP contribution in [0.4, 0.5) is 0 Å². The average Bonchev–Trinajstić information content (AvgIpc) is 2.92. The maximum atomic E-state index is 14.2. The first-order chi connectivity index (χ1) is 19.5. The third-order valence-corrected chi connectivity index (χ3v) is 10.4. The third kappa shape index (κ3) is 4.33. The first-order valence-corrected chi connectivity index (χ1v) is 15.2. The van der Waals surface area contributed by atoms with Crippen LogP contribution in [0.1, 0.15) is 83.1 Å². The number of aromatic amines is 1. The highest BCUT2D eigenvalue weighted by Crippen LogP contribution is 2.47. The third-order valence-electron chi connectivity index (χ3n) is 10.4. The zero-order valence-electron chi connectivity index (χ0n) is 23.3. The number of piperidine rings is 2. The smallest absolute Gasteiger partial charge is 0.334 e. The number of hydrogen-bond donors (Lipinski definition) is 1. The summed E-state index contributed by atoms with van der Waals surface area (Å²) in [5, 5.41) is 0. The topological polar surface area (TPSA) is 102 Å². The van der Waals surface area contributed by atoms with Gasteiger partial charge < -0.3 is 9.30 Å². The van der Waals surface area contributed by atoms with E-state index in [4.69, 9.17) is 4.74 Å². The van der Waals surface area contributed by atoms with Crippen molar-refractivity contribution in [3.63, 3.8) is 0 Å². The summed E-state index contributed by atoms with van der Waals surface area (Å²) in [5.74, 6) is 1.64. The van der Waals surface area contributed by atoms with Crippen LogP contribution < -0.4 is 21.5 Å². The van der Waals surface area contributed by atoms with Crippen molar-refractivity contribution in [2.75, 3.05) is 7.11 Å². The molecule has 5 fully saturated rings. The second kappa shape index (κ2) is 10.3. The lowest BCUT2D eigenvalue weighted by atomic mass is 9.69. The summed E-state index contributed by atoms with van der Waals surface area (Å²) in [5.41, 5.74) is -0.200. The van der Waals surface area contributed by atoms with Crippen LogP contribution in [0.2, 0.25) is 0 Å². The monoisotopic (exact) mass is 545 g/mol. The molecule has 1 aromatic carbocycles. The van der Waals surface area contributed by atoms with Gasteiger partial charge in [0.2, 0.25) is 11.6 Å². The molecule has 9 nitrogen and oxygen atoms in total. The largest absolute Gasteiger partial charge is 0.490 e. The molecule has 8 rings (SSSR count). The van der Waals surface area contributed by atoms with Crippen LogP contribution in [0.5, 0.6) is 5.75 Å². The first-order valence-electron chi connectivity index (χ1n) is 15.2. The van der Waals surface area contributed by atoms with Gasteiger partial charge in [-0.25, -0.2) is 14.3 Å². The van der Waals surface area contributed by atoms with Crippen LogP contribution >= 0.6 is 0 Å². The molecule has 5 aliphatic rings. The van der Waals surface area contributed by atoms with Crippen molar-refractivity contribution in [2.24, 2.45) is 11.8 Å². The fourth-order valence-corrected chi connectivity index (χ4v) is 8.66. The molecule has 212 valence electrons. The maximum Gasteiger partial charge on any atom is 0.334 e. The van der Waals surface area contributed by atoms with Gasteiger partial charge in [-0.3, -0.25) is 19.5 Å². The van der Waals surface area contributed by atoms with Gasteiger partial charge in [-0.2, -0.15) is 0 Å². The van der Waals surface area contributed by atoms with Gasteiger partial charge in [0.15, 0.2) is 0 Å². The predicted molar refractivity (Wildman–Crippen MR) is 153 cm³/mol. The van der Waals surface area contributed by atoms with Gasteiger partial charge in [0.25, 0.3) is 11.1 Å². The van der Waals surface area contributed by atoms with E-state index in [0.29, 0.717) is 23.6 Å². The Hall–Kier alpha value is -3.20. The SMILES string of the molecule is COc1cn(-c2nc3ccccc3n(C3CC4CCCC(C3)N4C3CC4CCCCC3CC4)c2=O)c(=O)[nH]c1=O. The minimum absolute atomic E-state index is 0.0110. The number of rotatable bonds is 4. The van der Waals surface area contributed by atoms with Crippen molar-refractivity contribution < 1.29 is 4.74 Å². The Morgan fingerprint density at radius 2 is 1.65 bits per heavy atom. The van der Waals surface area contributed by atoms with Crippen LogP contribution in [-0.4, -0.2) is 49.2 Å². The number of H-pyrrole nitrogens is 1. The van der Waals surface area contributed by atoms with Gasteiger partial charge >= 0.3 is 5.69 Å². The number of nitrogens with one attached hydrogen (secondary N) is 1. The summed E-state index contributed by atoms with van der Waals surface area (Å²) in [6, 6.07) is 9.33. The fourth-order valence-electron chi connectivity index (χ4n) is 8.66. The van der Waals surface area contributed by atoms with Crippen LogP contribution in [0.15, 0.2) is 44.8 Å². The molecule has 2 saturated heterocycles. The second-order valence-electron chi connectivity index (χ2n) is 12.5. The highest BCUT2D eigenvalue weighted by molar-refractivity contribution is 5.75. The number of ether oxygens (including phenoxy) is 1. The van der Waals surface area contributed by atoms with Gasteiger partial charge in [0.05, 0.1) is 24.3 Å². The molecular formula is C31H39N5O4. The molecule has 4 heterocycles. The molecule has 3 aliphatic carbocycles. The fraction of sp³-hybridized carbons (Fsp3) is 0.613. The van der Waals surface area contributed by atoms with Crippen molar-refractivity contribution in [3.8, 4) is 11.6 Å². The van der Waals surface area contributed by atoms with E-state index in [1.165, 1.54) is 77.5 Å². The molecule has 5 unspecified atom stereocenters. The standard InChI is InChI=1S/C31H39N5O4/c1-40-27-18-34(31(39)33-29(27)37)28-30(38)36(25-12-5-4-11-24(25)32-28)23-16-21-9-6-10-22(17-23)35(21)26-15-19-7-2-3-8-20(26)14-13-19/h4-5,11-12,18-23,26H,2-3,6-10,13-17H2,1H3,(H,33,37,39). The lowest BCUT2D eigenvalue weighted by Crippen LogP contribution is -2.60. The van der Waals surface area contributed by atoms with Crippen molar-refractivity contribution in [1.82, 2.24) is 24.0 Å². The number of fused-ring (bicyclic) bond motifs is 9. The number of nitrogens with zero attached hydrogens (tertiary/aromatic N) is 4. The molecule has 3 saturated carbocycles. The molecule has 1 N–H and O–H groups in total. The van der Waals surface area contributed by atoms with Crippen LogP contribution in [0, 0.1) is 11.8 Å². The Balaban J connectivity index is 1.29. The van der Waals surface area contributed by atoms with E-state index in [2.05, 4.69) is 14.9 Å². The van der Waals surface area contributed by atoms with Crippen molar-refractivity contribution in [2.45, 2.75) is 101 Å². The highest BCUT2D eigenvalue weighted by atomic mass is 16.5. The zero-order valence-corrected chi connectivity index (χ0v) is 23.3. The van der Waals surface area contributed by atoms with Crippen LogP contribution in [0.25, 0.3) is 16.9 Å². The van der Waals surface area contributed by atoms with E-state index in [1.807, 2.05) is 28.8 Å². The molecule has 5 atom stereocenters. The molecule has 2 aliphatic heterocycles. The number of benzene rings is 1. The Morgan fingerprint density at radius 1 is 0.875 bits per heavy atom. The quantitative estimate of drug-likeness (QED) is 0.528. The van der Waals surface area contributed by atoms with Gasteiger partial charge in [0.1, 0.15) is 0 Å². The van der Waals surface area contributed by atoms with E-state index in [9.17, 15) is 14.4 Å². The highest BCUT2D eigenvalue weighted by Gasteiger charge is 2.46. The second-order valence-corrected chi connectivity index (χ2v) is 12.5. The van der Waals surface area contributed by atoms with E-state index < -0.39 is 11.2 Å². The molecule has 40 heavy (non-hydrogen) atoms. The van der Waals surface area contributed by atoms with E-state index >= 15 is 0 Å². The Bertz CT molecular complexity index is 1570. The Labute approximate surface area is 233 Å².